The van der Waals surface area contributed by atoms with E-state index in [4.69, 9.17) is 37.2 Å². The third kappa shape index (κ3) is 3.78. The number of rotatable bonds is 6. The summed E-state index contributed by atoms with van der Waals surface area (Å²) in [6.07, 6.45) is 1.37. The van der Waals surface area contributed by atoms with Crippen molar-refractivity contribution in [3.05, 3.63) is 58.2 Å². The zero-order chi connectivity index (χ0) is 20.6. The maximum absolute atomic E-state index is 12.9. The lowest BCUT2D eigenvalue weighted by Gasteiger charge is -2.13. The zero-order valence-corrected chi connectivity index (χ0v) is 17.3. The van der Waals surface area contributed by atoms with E-state index < -0.39 is 5.41 Å². The standard InChI is InChI=1S/C21H18Cl2N2O4/c1-27-16-4-3-12(7-18(16)28-2)17-11-19(25-29-17)21(5-6-21)20(26)24-15-9-13(22)8-14(23)10-15/h3-4,7-11H,5-6H2,1-2H3,(H,24,26). The van der Waals surface area contributed by atoms with Gasteiger partial charge in [0.15, 0.2) is 17.3 Å². The fourth-order valence-corrected chi connectivity index (χ4v) is 3.75. The Morgan fingerprint density at radius 2 is 1.72 bits per heavy atom. The van der Waals surface area contributed by atoms with E-state index in [9.17, 15) is 4.79 Å². The number of methoxy groups -OCH3 is 2. The van der Waals surface area contributed by atoms with Crippen molar-refractivity contribution >= 4 is 34.8 Å². The van der Waals surface area contributed by atoms with E-state index in [1.54, 1.807) is 50.6 Å². The molecule has 150 valence electrons. The summed E-state index contributed by atoms with van der Waals surface area (Å²) < 4.78 is 16.1. The molecule has 1 aliphatic rings. The van der Waals surface area contributed by atoms with Crippen molar-refractivity contribution in [3.8, 4) is 22.8 Å². The maximum atomic E-state index is 12.9. The Hall–Kier alpha value is -2.70. The second-order valence-corrected chi connectivity index (χ2v) is 7.71. The summed E-state index contributed by atoms with van der Waals surface area (Å²) in [5.41, 5.74) is 1.20. The number of amides is 1. The van der Waals surface area contributed by atoms with E-state index in [1.165, 1.54) is 0 Å². The second-order valence-electron chi connectivity index (χ2n) is 6.84. The Labute approximate surface area is 177 Å². The monoisotopic (exact) mass is 432 g/mol. The topological polar surface area (TPSA) is 73.6 Å². The van der Waals surface area contributed by atoms with Crippen molar-refractivity contribution in [2.45, 2.75) is 18.3 Å². The minimum Gasteiger partial charge on any atom is -0.493 e. The van der Waals surface area contributed by atoms with Crippen LogP contribution in [0.4, 0.5) is 5.69 Å². The lowest BCUT2D eigenvalue weighted by atomic mass is 10.00. The molecular weight excluding hydrogens is 415 g/mol. The average Bonchev–Trinajstić information content (AvgIpc) is 3.36. The van der Waals surface area contributed by atoms with Crippen molar-refractivity contribution in [2.75, 3.05) is 19.5 Å². The maximum Gasteiger partial charge on any atom is 0.236 e. The summed E-state index contributed by atoms with van der Waals surface area (Å²) in [5, 5.41) is 7.95. The number of hydrogen-bond donors (Lipinski definition) is 1. The first-order valence-electron chi connectivity index (χ1n) is 8.92. The first kappa shape index (κ1) is 19.6. The molecule has 6 nitrogen and oxygen atoms in total. The van der Waals surface area contributed by atoms with Crippen LogP contribution in [0.1, 0.15) is 18.5 Å². The van der Waals surface area contributed by atoms with Crippen LogP contribution in [0.2, 0.25) is 10.0 Å². The van der Waals surface area contributed by atoms with E-state index in [0.717, 1.165) is 5.56 Å². The van der Waals surface area contributed by atoms with Crippen LogP contribution >= 0.6 is 23.2 Å². The molecule has 0 unspecified atom stereocenters. The third-order valence-corrected chi connectivity index (χ3v) is 5.41. The molecule has 1 saturated carbocycles. The van der Waals surface area contributed by atoms with Gasteiger partial charge >= 0.3 is 0 Å². The van der Waals surface area contributed by atoms with Gasteiger partial charge in [-0.25, -0.2) is 0 Å². The van der Waals surface area contributed by atoms with Gasteiger partial charge in [0, 0.05) is 27.4 Å². The summed E-state index contributed by atoms with van der Waals surface area (Å²) in [7, 11) is 3.14. The molecule has 8 heteroatoms. The van der Waals surface area contributed by atoms with Crippen molar-refractivity contribution < 1.29 is 18.8 Å². The van der Waals surface area contributed by atoms with Crippen molar-refractivity contribution in [3.63, 3.8) is 0 Å². The first-order valence-corrected chi connectivity index (χ1v) is 9.68. The molecule has 3 aromatic rings. The molecule has 0 aliphatic heterocycles. The van der Waals surface area contributed by atoms with Gasteiger partial charge in [-0.05, 0) is 49.2 Å². The van der Waals surface area contributed by atoms with Gasteiger partial charge in [-0.2, -0.15) is 0 Å². The molecular formula is C21H18Cl2N2O4. The molecule has 0 atom stereocenters. The molecule has 1 aromatic heterocycles. The quantitative estimate of drug-likeness (QED) is 0.569. The lowest BCUT2D eigenvalue weighted by molar-refractivity contribution is -0.118. The largest absolute Gasteiger partial charge is 0.493 e. The summed E-state index contributed by atoms with van der Waals surface area (Å²) in [5.74, 6) is 1.59. The summed E-state index contributed by atoms with van der Waals surface area (Å²) in [6.45, 7) is 0. The number of nitrogens with zero attached hydrogens (tertiary/aromatic N) is 1. The number of carbonyl (C=O) groups excluding carboxylic acids is 1. The molecule has 1 fully saturated rings. The van der Waals surface area contributed by atoms with E-state index in [0.29, 0.717) is 51.5 Å². The molecule has 0 bridgehead atoms. The fourth-order valence-electron chi connectivity index (χ4n) is 3.23. The van der Waals surface area contributed by atoms with Gasteiger partial charge in [0.25, 0.3) is 0 Å². The van der Waals surface area contributed by atoms with Crippen LogP contribution in [0.5, 0.6) is 11.5 Å². The molecule has 2 aromatic carbocycles. The van der Waals surface area contributed by atoms with E-state index in [1.807, 2.05) is 6.07 Å². The third-order valence-electron chi connectivity index (χ3n) is 4.97. The number of nitrogens with one attached hydrogen (secondary N) is 1. The summed E-state index contributed by atoms with van der Waals surface area (Å²) >= 11 is 12.0. The molecule has 1 amide bonds. The van der Waals surface area contributed by atoms with E-state index in [2.05, 4.69) is 10.5 Å². The number of ether oxygens (including phenoxy) is 2. The SMILES string of the molecule is COc1ccc(-c2cc(C3(C(=O)Nc4cc(Cl)cc(Cl)c4)CC3)no2)cc1OC. The van der Waals surface area contributed by atoms with Crippen molar-refractivity contribution in [2.24, 2.45) is 0 Å². The molecule has 4 rings (SSSR count). The molecule has 1 aliphatic carbocycles. The highest BCUT2D eigenvalue weighted by Gasteiger charge is 2.53. The number of hydrogen-bond acceptors (Lipinski definition) is 5. The Balaban J connectivity index is 1.58. The molecule has 1 heterocycles. The van der Waals surface area contributed by atoms with Crippen LogP contribution in [-0.4, -0.2) is 25.3 Å². The molecule has 0 saturated heterocycles. The van der Waals surface area contributed by atoms with E-state index >= 15 is 0 Å². The van der Waals surface area contributed by atoms with Crippen LogP contribution < -0.4 is 14.8 Å². The predicted octanol–water partition coefficient (Wildman–Crippen LogP) is 5.34. The number of halogens is 2. The highest BCUT2D eigenvalue weighted by molar-refractivity contribution is 6.35. The molecule has 1 N–H and O–H groups in total. The number of benzene rings is 2. The predicted molar refractivity (Wildman–Crippen MR) is 111 cm³/mol. The average molecular weight is 433 g/mol. The molecule has 29 heavy (non-hydrogen) atoms. The summed E-state index contributed by atoms with van der Waals surface area (Å²) in [4.78, 5) is 12.9. The highest BCUT2D eigenvalue weighted by Crippen LogP contribution is 2.49. The van der Waals surface area contributed by atoms with E-state index in [-0.39, 0.29) is 5.91 Å². The smallest absolute Gasteiger partial charge is 0.236 e. The Kier molecular flexibility index (Phi) is 5.15. The number of aromatic nitrogens is 1. The van der Waals surface area contributed by atoms with Crippen molar-refractivity contribution in [1.29, 1.82) is 0 Å². The zero-order valence-electron chi connectivity index (χ0n) is 15.8. The normalized spacial score (nSPS) is 14.3. The Bertz CT molecular complexity index is 1060. The first-order chi connectivity index (χ1) is 13.9. The molecule has 0 radical (unpaired) electrons. The van der Waals surface area contributed by atoms with Gasteiger partial charge in [-0.1, -0.05) is 28.4 Å². The highest BCUT2D eigenvalue weighted by atomic mass is 35.5. The fraction of sp³-hybridized carbons (Fsp3) is 0.238. The number of anilines is 1. The van der Waals surface area contributed by atoms with Crippen LogP contribution in [-0.2, 0) is 10.2 Å². The Morgan fingerprint density at radius 1 is 1.03 bits per heavy atom. The van der Waals surface area contributed by atoms with Gasteiger partial charge in [-0.15, -0.1) is 0 Å². The van der Waals surface area contributed by atoms with Gasteiger partial charge in [0.1, 0.15) is 0 Å². The Morgan fingerprint density at radius 3 is 2.34 bits per heavy atom. The van der Waals surface area contributed by atoms with Gasteiger partial charge in [0.2, 0.25) is 5.91 Å². The summed E-state index contributed by atoms with van der Waals surface area (Å²) in [6, 6.07) is 12.1. The van der Waals surface area contributed by atoms with Gasteiger partial charge < -0.3 is 19.3 Å². The van der Waals surface area contributed by atoms with Crippen LogP contribution in [0.15, 0.2) is 47.0 Å². The minimum absolute atomic E-state index is 0.164. The minimum atomic E-state index is -0.715. The van der Waals surface area contributed by atoms with Gasteiger partial charge in [-0.3, -0.25) is 4.79 Å². The lowest BCUT2D eigenvalue weighted by Crippen LogP contribution is -2.28. The van der Waals surface area contributed by atoms with Gasteiger partial charge in [0.05, 0.1) is 25.3 Å². The number of carbonyl (C=O) groups is 1. The van der Waals surface area contributed by atoms with Crippen LogP contribution in [0, 0.1) is 0 Å². The van der Waals surface area contributed by atoms with Crippen molar-refractivity contribution in [1.82, 2.24) is 5.16 Å². The van der Waals surface area contributed by atoms with Crippen LogP contribution in [0.3, 0.4) is 0 Å². The second kappa shape index (κ2) is 7.61. The van der Waals surface area contributed by atoms with Crippen LogP contribution in [0.25, 0.3) is 11.3 Å². The molecule has 0 spiro atoms.